The van der Waals surface area contributed by atoms with Gasteiger partial charge in [-0.15, -0.1) is 0 Å². The Balaban J connectivity index is 1.95. The Morgan fingerprint density at radius 3 is 2.60 bits per heavy atom. The first-order chi connectivity index (χ1) is 9.65. The largest absolute Gasteiger partial charge is 0.450 e. The summed E-state index contributed by atoms with van der Waals surface area (Å²) in [6, 6.07) is 12.9. The predicted molar refractivity (Wildman–Crippen MR) is 81.4 cm³/mol. The molecule has 2 aromatic rings. The van der Waals surface area contributed by atoms with Crippen molar-refractivity contribution in [2.45, 2.75) is 6.92 Å². The van der Waals surface area contributed by atoms with E-state index < -0.39 is 0 Å². The van der Waals surface area contributed by atoms with Crippen LogP contribution in [0.1, 0.15) is 12.7 Å². The fourth-order valence-corrected chi connectivity index (χ4v) is 2.30. The molecule has 0 aliphatic carbocycles. The number of nitrogens with zero attached hydrogens (tertiary/aromatic N) is 2. The highest BCUT2D eigenvalue weighted by molar-refractivity contribution is 9.10. The maximum atomic E-state index is 12.4. The number of carbonyl (C=O) groups excluding carboxylic acids is 1. The minimum Gasteiger partial charge on any atom is -0.450 e. The van der Waals surface area contributed by atoms with E-state index in [-0.39, 0.29) is 5.91 Å². The van der Waals surface area contributed by atoms with E-state index in [1.807, 2.05) is 37.3 Å². The fraction of sp³-hybridized carbons (Fsp3) is 0.0667. The molecule has 3 rings (SSSR count). The van der Waals surface area contributed by atoms with Crippen LogP contribution in [-0.4, -0.2) is 11.6 Å². The molecule has 0 fully saturated rings. The van der Waals surface area contributed by atoms with Gasteiger partial charge in [0.25, 0.3) is 5.91 Å². The highest BCUT2D eigenvalue weighted by atomic mass is 79.9. The van der Waals surface area contributed by atoms with Gasteiger partial charge in [0.1, 0.15) is 5.76 Å². The molecule has 0 unspecified atom stereocenters. The first kappa shape index (κ1) is 12.9. The van der Waals surface area contributed by atoms with E-state index in [2.05, 4.69) is 21.0 Å². The minimum atomic E-state index is -0.152. The number of benzene rings is 1. The lowest BCUT2D eigenvalue weighted by atomic mass is 10.1. The van der Waals surface area contributed by atoms with Crippen molar-refractivity contribution in [2.24, 2.45) is 5.10 Å². The average molecular weight is 331 g/mol. The Morgan fingerprint density at radius 2 is 1.95 bits per heavy atom. The molecule has 0 saturated carbocycles. The maximum absolute atomic E-state index is 12.4. The molecular formula is C15H11BrN2O2. The van der Waals surface area contributed by atoms with E-state index in [4.69, 9.17) is 4.42 Å². The van der Waals surface area contributed by atoms with E-state index in [1.165, 1.54) is 5.01 Å². The molecule has 4 nitrogen and oxygen atoms in total. The molecule has 1 aliphatic heterocycles. The van der Waals surface area contributed by atoms with Crippen molar-refractivity contribution < 1.29 is 9.21 Å². The average Bonchev–Trinajstić information content (AvgIpc) is 2.98. The molecule has 1 amide bonds. The van der Waals surface area contributed by atoms with Gasteiger partial charge in [-0.3, -0.25) is 4.79 Å². The molecule has 1 aliphatic rings. The summed E-state index contributed by atoms with van der Waals surface area (Å²) >= 11 is 3.24. The van der Waals surface area contributed by atoms with Crippen LogP contribution >= 0.6 is 15.9 Å². The number of hydrazone groups is 1. The summed E-state index contributed by atoms with van der Waals surface area (Å²) in [7, 11) is 0. The molecule has 20 heavy (non-hydrogen) atoms. The summed E-state index contributed by atoms with van der Waals surface area (Å²) in [5.41, 5.74) is 1.96. The first-order valence-corrected chi connectivity index (χ1v) is 6.86. The van der Waals surface area contributed by atoms with Crippen LogP contribution in [0.15, 0.2) is 62.2 Å². The Labute approximate surface area is 124 Å². The lowest BCUT2D eigenvalue weighted by molar-refractivity contribution is -0.114. The van der Waals surface area contributed by atoms with Gasteiger partial charge in [0.2, 0.25) is 0 Å². The third-order valence-corrected chi connectivity index (χ3v) is 3.37. The highest BCUT2D eigenvalue weighted by Gasteiger charge is 2.28. The summed E-state index contributed by atoms with van der Waals surface area (Å²) in [6.45, 7) is 1.81. The van der Waals surface area contributed by atoms with Crippen LogP contribution in [0.2, 0.25) is 0 Å². The molecule has 0 spiro atoms. The Morgan fingerprint density at radius 1 is 1.20 bits per heavy atom. The summed E-state index contributed by atoms with van der Waals surface area (Å²) in [6.07, 6.45) is 1.70. The normalized spacial score (nSPS) is 16.9. The second-order valence-electron chi connectivity index (χ2n) is 4.34. The van der Waals surface area contributed by atoms with Gasteiger partial charge in [-0.2, -0.15) is 10.1 Å². The van der Waals surface area contributed by atoms with Crippen LogP contribution in [0.5, 0.6) is 0 Å². The standard InChI is InChI=1S/C15H11BrN2O2/c1-10-13(9-12-7-8-14(16)20-12)15(19)18(17-10)11-5-3-2-4-6-11/h2-9H,1H3/b13-9-. The number of rotatable bonds is 2. The number of hydrogen-bond acceptors (Lipinski definition) is 3. The van der Waals surface area contributed by atoms with Crippen molar-refractivity contribution in [3.8, 4) is 0 Å². The third kappa shape index (κ3) is 2.32. The van der Waals surface area contributed by atoms with Gasteiger partial charge in [-0.05, 0) is 53.2 Å². The first-order valence-electron chi connectivity index (χ1n) is 6.07. The topological polar surface area (TPSA) is 45.8 Å². The number of amides is 1. The molecule has 2 heterocycles. The zero-order valence-corrected chi connectivity index (χ0v) is 12.3. The van der Waals surface area contributed by atoms with Gasteiger partial charge < -0.3 is 4.42 Å². The van der Waals surface area contributed by atoms with E-state index in [0.29, 0.717) is 21.7 Å². The zero-order valence-electron chi connectivity index (χ0n) is 10.7. The van der Waals surface area contributed by atoms with Gasteiger partial charge in [0, 0.05) is 0 Å². The molecule has 0 saturated heterocycles. The Kier molecular flexibility index (Phi) is 3.28. The van der Waals surface area contributed by atoms with Crippen LogP contribution < -0.4 is 5.01 Å². The van der Waals surface area contributed by atoms with Crippen LogP contribution in [0.3, 0.4) is 0 Å². The highest BCUT2D eigenvalue weighted by Crippen LogP contribution is 2.25. The molecule has 1 aromatic heterocycles. The monoisotopic (exact) mass is 330 g/mol. The van der Waals surface area contributed by atoms with E-state index in [1.54, 1.807) is 18.2 Å². The van der Waals surface area contributed by atoms with Gasteiger partial charge in [0.05, 0.1) is 17.0 Å². The van der Waals surface area contributed by atoms with Crippen LogP contribution in [0, 0.1) is 0 Å². The minimum absolute atomic E-state index is 0.152. The summed E-state index contributed by atoms with van der Waals surface area (Å²) in [4.78, 5) is 12.4. The maximum Gasteiger partial charge on any atom is 0.280 e. The van der Waals surface area contributed by atoms with Crippen molar-refractivity contribution in [2.75, 3.05) is 5.01 Å². The molecule has 5 heteroatoms. The second-order valence-corrected chi connectivity index (χ2v) is 5.12. The summed E-state index contributed by atoms with van der Waals surface area (Å²) < 4.78 is 6.03. The van der Waals surface area contributed by atoms with Gasteiger partial charge in [-0.1, -0.05) is 18.2 Å². The van der Waals surface area contributed by atoms with Crippen LogP contribution in [-0.2, 0) is 4.79 Å². The zero-order chi connectivity index (χ0) is 14.1. The third-order valence-electron chi connectivity index (χ3n) is 2.94. The summed E-state index contributed by atoms with van der Waals surface area (Å²) in [5.74, 6) is 0.464. The Bertz CT molecular complexity index is 716. The SMILES string of the molecule is CC1=NN(c2ccccc2)C(=O)/C1=C\c1ccc(Br)o1. The van der Waals surface area contributed by atoms with Crippen molar-refractivity contribution in [1.29, 1.82) is 0 Å². The molecule has 0 bridgehead atoms. The Hall–Kier alpha value is -2.14. The van der Waals surface area contributed by atoms with E-state index in [9.17, 15) is 4.79 Å². The van der Waals surface area contributed by atoms with Crippen molar-refractivity contribution in [1.82, 2.24) is 0 Å². The van der Waals surface area contributed by atoms with Crippen LogP contribution in [0.25, 0.3) is 6.08 Å². The number of furan rings is 1. The molecule has 1 aromatic carbocycles. The van der Waals surface area contributed by atoms with Crippen molar-refractivity contribution >= 4 is 39.3 Å². The molecule has 100 valence electrons. The number of para-hydroxylation sites is 1. The number of carbonyl (C=O) groups is 1. The van der Waals surface area contributed by atoms with Crippen molar-refractivity contribution in [3.63, 3.8) is 0 Å². The quantitative estimate of drug-likeness (QED) is 0.785. The smallest absolute Gasteiger partial charge is 0.280 e. The second kappa shape index (κ2) is 5.09. The lowest BCUT2D eigenvalue weighted by Crippen LogP contribution is -2.21. The molecule has 0 radical (unpaired) electrons. The molecule has 0 atom stereocenters. The van der Waals surface area contributed by atoms with E-state index >= 15 is 0 Å². The predicted octanol–water partition coefficient (Wildman–Crippen LogP) is 3.85. The number of halogens is 1. The van der Waals surface area contributed by atoms with Gasteiger partial charge >= 0.3 is 0 Å². The fourth-order valence-electron chi connectivity index (χ4n) is 1.98. The van der Waals surface area contributed by atoms with E-state index in [0.717, 1.165) is 5.69 Å². The van der Waals surface area contributed by atoms with Gasteiger partial charge in [0.15, 0.2) is 4.67 Å². The number of hydrogen-bond donors (Lipinski definition) is 0. The summed E-state index contributed by atoms with van der Waals surface area (Å²) in [5, 5.41) is 5.70. The molecular weight excluding hydrogens is 320 g/mol. The van der Waals surface area contributed by atoms with Gasteiger partial charge in [-0.25, -0.2) is 0 Å². The van der Waals surface area contributed by atoms with Crippen molar-refractivity contribution in [3.05, 3.63) is 58.5 Å². The lowest BCUT2D eigenvalue weighted by Gasteiger charge is -2.10. The number of anilines is 1. The molecule has 0 N–H and O–H groups in total. The van der Waals surface area contributed by atoms with Crippen LogP contribution in [0.4, 0.5) is 5.69 Å².